The molecule has 3 aromatic rings. The Morgan fingerprint density at radius 2 is 1.70 bits per heavy atom. The molecule has 2 N–H and O–H groups in total. The van der Waals surface area contributed by atoms with Crippen molar-refractivity contribution in [3.8, 4) is 0 Å². The minimum atomic E-state index is -0.177. The van der Waals surface area contributed by atoms with Gasteiger partial charge in [-0.05, 0) is 47.0 Å². The van der Waals surface area contributed by atoms with Crippen molar-refractivity contribution in [2.45, 2.75) is 19.9 Å². The standard InChI is InChI=1S/C23H22N2O2/c1-16(20-10-6-11-21(15-20)25-17(2)26)24-23(27)14-13-19-9-5-8-18-7-3-4-12-22(18)19/h3-16H,1-2H3,(H,24,27)(H,25,26)/b14-13+. The first-order chi connectivity index (χ1) is 13.0. The van der Waals surface area contributed by atoms with Crippen LogP contribution in [-0.2, 0) is 9.59 Å². The Balaban J connectivity index is 1.70. The molecule has 0 aliphatic heterocycles. The molecular weight excluding hydrogens is 336 g/mol. The second-order valence-corrected chi connectivity index (χ2v) is 6.44. The van der Waals surface area contributed by atoms with E-state index in [2.05, 4.69) is 22.8 Å². The van der Waals surface area contributed by atoms with Gasteiger partial charge in [0.15, 0.2) is 0 Å². The third kappa shape index (κ3) is 4.82. The molecule has 0 saturated carbocycles. The van der Waals surface area contributed by atoms with Crippen LogP contribution in [0.15, 0.2) is 72.8 Å². The van der Waals surface area contributed by atoms with Crippen LogP contribution in [0, 0.1) is 0 Å². The summed E-state index contributed by atoms with van der Waals surface area (Å²) in [6.07, 6.45) is 3.38. The maximum absolute atomic E-state index is 12.3. The van der Waals surface area contributed by atoms with Gasteiger partial charge in [0.2, 0.25) is 11.8 Å². The van der Waals surface area contributed by atoms with E-state index in [1.54, 1.807) is 6.08 Å². The lowest BCUT2D eigenvalue weighted by atomic mass is 10.0. The molecule has 2 amide bonds. The summed E-state index contributed by atoms with van der Waals surface area (Å²) in [7, 11) is 0. The Labute approximate surface area is 158 Å². The second-order valence-electron chi connectivity index (χ2n) is 6.44. The van der Waals surface area contributed by atoms with Crippen LogP contribution in [0.25, 0.3) is 16.8 Å². The van der Waals surface area contributed by atoms with Crippen molar-refractivity contribution in [3.05, 3.63) is 83.9 Å². The Hall–Kier alpha value is -3.40. The molecule has 0 aromatic heterocycles. The highest BCUT2D eigenvalue weighted by Crippen LogP contribution is 2.20. The summed E-state index contributed by atoms with van der Waals surface area (Å²) in [5.41, 5.74) is 2.64. The average molecular weight is 358 g/mol. The largest absolute Gasteiger partial charge is 0.346 e. The van der Waals surface area contributed by atoms with E-state index in [-0.39, 0.29) is 17.9 Å². The fourth-order valence-corrected chi connectivity index (χ4v) is 3.00. The van der Waals surface area contributed by atoms with E-state index in [0.717, 1.165) is 21.9 Å². The number of amides is 2. The summed E-state index contributed by atoms with van der Waals surface area (Å²) < 4.78 is 0. The van der Waals surface area contributed by atoms with Gasteiger partial charge in [-0.2, -0.15) is 0 Å². The number of fused-ring (bicyclic) bond motifs is 1. The summed E-state index contributed by atoms with van der Waals surface area (Å²) >= 11 is 0. The monoisotopic (exact) mass is 358 g/mol. The highest BCUT2D eigenvalue weighted by Gasteiger charge is 2.09. The van der Waals surface area contributed by atoms with Crippen LogP contribution < -0.4 is 10.6 Å². The highest BCUT2D eigenvalue weighted by atomic mass is 16.2. The molecule has 1 unspecified atom stereocenters. The third-order valence-electron chi connectivity index (χ3n) is 4.30. The molecule has 0 spiro atoms. The number of rotatable bonds is 5. The average Bonchev–Trinajstić information content (AvgIpc) is 2.66. The summed E-state index contributed by atoms with van der Waals surface area (Å²) in [4.78, 5) is 23.5. The van der Waals surface area contributed by atoms with Crippen LogP contribution in [0.2, 0.25) is 0 Å². The first-order valence-corrected chi connectivity index (χ1v) is 8.87. The number of anilines is 1. The molecule has 0 fully saturated rings. The van der Waals surface area contributed by atoms with E-state index in [1.165, 1.54) is 6.92 Å². The second kappa shape index (κ2) is 8.32. The molecule has 3 aromatic carbocycles. The fraction of sp³-hybridized carbons (Fsp3) is 0.130. The highest BCUT2D eigenvalue weighted by molar-refractivity contribution is 5.96. The van der Waals surface area contributed by atoms with E-state index in [1.807, 2.05) is 67.6 Å². The lowest BCUT2D eigenvalue weighted by Gasteiger charge is -2.14. The van der Waals surface area contributed by atoms with Gasteiger partial charge in [0.05, 0.1) is 6.04 Å². The summed E-state index contributed by atoms with van der Waals surface area (Å²) in [5.74, 6) is -0.290. The SMILES string of the molecule is CC(=O)Nc1cccc(C(C)NC(=O)/C=C/c2cccc3ccccc23)c1. The van der Waals surface area contributed by atoms with Crippen molar-refractivity contribution in [1.29, 1.82) is 0 Å². The molecule has 27 heavy (non-hydrogen) atoms. The van der Waals surface area contributed by atoms with Crippen LogP contribution in [0.5, 0.6) is 0 Å². The summed E-state index contributed by atoms with van der Waals surface area (Å²) in [5, 5.41) is 7.96. The van der Waals surface area contributed by atoms with E-state index in [0.29, 0.717) is 5.69 Å². The van der Waals surface area contributed by atoms with E-state index in [9.17, 15) is 9.59 Å². The predicted octanol–water partition coefficient (Wildman–Crippen LogP) is 4.69. The lowest BCUT2D eigenvalue weighted by molar-refractivity contribution is -0.117. The maximum atomic E-state index is 12.3. The van der Waals surface area contributed by atoms with E-state index in [4.69, 9.17) is 0 Å². The third-order valence-corrected chi connectivity index (χ3v) is 4.30. The Morgan fingerprint density at radius 1 is 0.963 bits per heavy atom. The molecule has 4 heteroatoms. The smallest absolute Gasteiger partial charge is 0.244 e. The molecule has 0 saturated heterocycles. The van der Waals surface area contributed by atoms with Gasteiger partial charge in [-0.25, -0.2) is 0 Å². The zero-order chi connectivity index (χ0) is 19.2. The topological polar surface area (TPSA) is 58.2 Å². The molecule has 0 aliphatic rings. The predicted molar refractivity (Wildman–Crippen MR) is 110 cm³/mol. The molecule has 0 radical (unpaired) electrons. The zero-order valence-electron chi connectivity index (χ0n) is 15.4. The number of hydrogen-bond donors (Lipinski definition) is 2. The van der Waals surface area contributed by atoms with Crippen molar-refractivity contribution < 1.29 is 9.59 Å². The van der Waals surface area contributed by atoms with Gasteiger partial charge in [-0.3, -0.25) is 9.59 Å². The van der Waals surface area contributed by atoms with E-state index < -0.39 is 0 Å². The van der Waals surface area contributed by atoms with Gasteiger partial charge in [0, 0.05) is 18.7 Å². The Morgan fingerprint density at radius 3 is 2.52 bits per heavy atom. The minimum absolute atomic E-state index is 0.123. The van der Waals surface area contributed by atoms with E-state index >= 15 is 0 Å². The summed E-state index contributed by atoms with van der Waals surface area (Å²) in [6.45, 7) is 3.38. The van der Waals surface area contributed by atoms with Crippen molar-refractivity contribution in [2.75, 3.05) is 5.32 Å². The van der Waals surface area contributed by atoms with Gasteiger partial charge in [-0.1, -0.05) is 54.6 Å². The molecule has 4 nitrogen and oxygen atoms in total. The number of benzene rings is 3. The van der Waals surface area contributed by atoms with Crippen molar-refractivity contribution in [1.82, 2.24) is 5.32 Å². The quantitative estimate of drug-likeness (QED) is 0.650. The lowest BCUT2D eigenvalue weighted by Crippen LogP contribution is -2.24. The van der Waals surface area contributed by atoms with Gasteiger partial charge in [-0.15, -0.1) is 0 Å². The van der Waals surface area contributed by atoms with Crippen LogP contribution in [-0.4, -0.2) is 11.8 Å². The number of hydrogen-bond acceptors (Lipinski definition) is 2. The molecule has 136 valence electrons. The molecule has 0 aliphatic carbocycles. The van der Waals surface area contributed by atoms with Crippen molar-refractivity contribution in [3.63, 3.8) is 0 Å². The van der Waals surface area contributed by atoms with Gasteiger partial charge < -0.3 is 10.6 Å². The molecule has 0 heterocycles. The minimum Gasteiger partial charge on any atom is -0.346 e. The molecule has 1 atom stereocenters. The first-order valence-electron chi connectivity index (χ1n) is 8.87. The normalized spacial score (nSPS) is 12.1. The number of nitrogens with one attached hydrogen (secondary N) is 2. The fourth-order valence-electron chi connectivity index (χ4n) is 3.00. The Kier molecular flexibility index (Phi) is 5.67. The molecule has 0 bridgehead atoms. The van der Waals surface area contributed by atoms with Gasteiger partial charge >= 0.3 is 0 Å². The van der Waals surface area contributed by atoms with Gasteiger partial charge in [0.25, 0.3) is 0 Å². The van der Waals surface area contributed by atoms with Crippen molar-refractivity contribution >= 4 is 34.4 Å². The Bertz CT molecular complexity index is 1000. The van der Waals surface area contributed by atoms with Gasteiger partial charge in [0.1, 0.15) is 0 Å². The van der Waals surface area contributed by atoms with Crippen LogP contribution in [0.4, 0.5) is 5.69 Å². The molecule has 3 rings (SSSR count). The van der Waals surface area contributed by atoms with Crippen LogP contribution >= 0.6 is 0 Å². The summed E-state index contributed by atoms with van der Waals surface area (Å²) in [6, 6.07) is 21.4. The number of carbonyl (C=O) groups is 2. The van der Waals surface area contributed by atoms with Crippen LogP contribution in [0.1, 0.15) is 31.0 Å². The first kappa shape index (κ1) is 18.4. The zero-order valence-corrected chi connectivity index (χ0v) is 15.4. The number of carbonyl (C=O) groups excluding carboxylic acids is 2. The van der Waals surface area contributed by atoms with Crippen LogP contribution in [0.3, 0.4) is 0 Å². The maximum Gasteiger partial charge on any atom is 0.244 e. The van der Waals surface area contributed by atoms with Crippen molar-refractivity contribution in [2.24, 2.45) is 0 Å². The molecular formula is C23H22N2O2.